The molecule has 2 N–H and O–H groups in total. The van der Waals surface area contributed by atoms with Crippen LogP contribution < -0.4 is 10.6 Å². The van der Waals surface area contributed by atoms with Crippen molar-refractivity contribution in [3.63, 3.8) is 0 Å². The molecule has 0 saturated carbocycles. The van der Waals surface area contributed by atoms with Crippen LogP contribution in [0, 0.1) is 5.92 Å². The summed E-state index contributed by atoms with van der Waals surface area (Å²) in [6.45, 7) is 12.0. The van der Waals surface area contributed by atoms with Crippen LogP contribution in [0.1, 0.15) is 63.5 Å². The van der Waals surface area contributed by atoms with Gasteiger partial charge in [0.1, 0.15) is 5.76 Å². The summed E-state index contributed by atoms with van der Waals surface area (Å²) in [6.07, 6.45) is 6.88. The summed E-state index contributed by atoms with van der Waals surface area (Å²) in [6, 6.07) is 0. The highest BCUT2D eigenvalue weighted by atomic mass is 16.5. The van der Waals surface area contributed by atoms with Crippen molar-refractivity contribution in [1.82, 2.24) is 20.7 Å². The van der Waals surface area contributed by atoms with E-state index >= 15 is 0 Å². The molecule has 0 aliphatic carbocycles. The zero-order chi connectivity index (χ0) is 18.8. The Morgan fingerprint density at radius 3 is 2.62 bits per heavy atom. The summed E-state index contributed by atoms with van der Waals surface area (Å²) >= 11 is 0. The second-order valence-electron chi connectivity index (χ2n) is 7.32. The smallest absolute Gasteiger partial charge is 0.191 e. The maximum absolute atomic E-state index is 5.42. The molecule has 0 amide bonds. The SMILES string of the molecule is CCc1noc(CC)c1CNC(=NC)NCCCCN1CCC(C)CC1. The number of likely N-dealkylation sites (tertiary alicyclic amines) is 1. The number of aryl methyl sites for hydroxylation is 2. The van der Waals surface area contributed by atoms with Crippen molar-refractivity contribution in [2.24, 2.45) is 10.9 Å². The van der Waals surface area contributed by atoms with Gasteiger partial charge < -0.3 is 20.1 Å². The molecular formula is C20H37N5O. The summed E-state index contributed by atoms with van der Waals surface area (Å²) in [7, 11) is 1.82. The Labute approximate surface area is 158 Å². The summed E-state index contributed by atoms with van der Waals surface area (Å²) in [4.78, 5) is 6.94. The highest BCUT2D eigenvalue weighted by Gasteiger charge is 2.15. The van der Waals surface area contributed by atoms with Crippen molar-refractivity contribution < 1.29 is 4.52 Å². The van der Waals surface area contributed by atoms with Gasteiger partial charge in [-0.2, -0.15) is 0 Å². The van der Waals surface area contributed by atoms with Crippen LogP contribution in [0.3, 0.4) is 0 Å². The number of nitrogens with one attached hydrogen (secondary N) is 2. The van der Waals surface area contributed by atoms with E-state index in [9.17, 15) is 0 Å². The third kappa shape index (κ3) is 6.31. The molecule has 1 aromatic rings. The van der Waals surface area contributed by atoms with Crippen molar-refractivity contribution in [3.05, 3.63) is 17.0 Å². The summed E-state index contributed by atoms with van der Waals surface area (Å²) < 4.78 is 5.42. The zero-order valence-corrected chi connectivity index (χ0v) is 17.1. The van der Waals surface area contributed by atoms with Crippen molar-refractivity contribution in [2.45, 2.75) is 65.8 Å². The van der Waals surface area contributed by atoms with Gasteiger partial charge in [0.25, 0.3) is 0 Å². The minimum atomic E-state index is 0.710. The van der Waals surface area contributed by atoms with E-state index < -0.39 is 0 Å². The Morgan fingerprint density at radius 1 is 1.19 bits per heavy atom. The lowest BCUT2D eigenvalue weighted by Crippen LogP contribution is -2.38. The standard InChI is InChI=1S/C20H37N5O/c1-5-18-17(19(6-2)26-24-18)15-23-20(21-4)22-11-7-8-12-25-13-9-16(3)10-14-25/h16H,5-15H2,1-4H3,(H2,21,22,23). The molecule has 0 radical (unpaired) electrons. The molecule has 0 unspecified atom stereocenters. The maximum Gasteiger partial charge on any atom is 0.191 e. The molecule has 26 heavy (non-hydrogen) atoms. The minimum absolute atomic E-state index is 0.710. The summed E-state index contributed by atoms with van der Waals surface area (Å²) in [5.74, 6) is 2.73. The van der Waals surface area contributed by atoms with E-state index in [0.29, 0.717) is 6.54 Å². The molecule has 0 atom stereocenters. The van der Waals surface area contributed by atoms with Crippen LogP contribution in [0.25, 0.3) is 0 Å². The molecule has 0 bridgehead atoms. The van der Waals surface area contributed by atoms with Crippen molar-refractivity contribution in [3.8, 4) is 0 Å². The number of piperidine rings is 1. The fourth-order valence-corrected chi connectivity index (χ4v) is 3.48. The lowest BCUT2D eigenvalue weighted by atomic mass is 9.99. The molecular weight excluding hydrogens is 326 g/mol. The van der Waals surface area contributed by atoms with Crippen LogP contribution in [0.15, 0.2) is 9.52 Å². The second kappa shape index (κ2) is 11.2. The Morgan fingerprint density at radius 2 is 1.96 bits per heavy atom. The lowest BCUT2D eigenvalue weighted by molar-refractivity contribution is 0.189. The number of aromatic nitrogens is 1. The third-order valence-electron chi connectivity index (χ3n) is 5.33. The topological polar surface area (TPSA) is 65.7 Å². The van der Waals surface area contributed by atoms with Crippen LogP contribution in [-0.2, 0) is 19.4 Å². The number of unbranched alkanes of at least 4 members (excludes halogenated alkanes) is 1. The van der Waals surface area contributed by atoms with E-state index in [1.807, 2.05) is 7.05 Å². The minimum Gasteiger partial charge on any atom is -0.361 e. The number of aliphatic imine (C=N–C) groups is 1. The van der Waals surface area contributed by atoms with E-state index in [1.54, 1.807) is 0 Å². The predicted octanol–water partition coefficient (Wildman–Crippen LogP) is 2.98. The lowest BCUT2D eigenvalue weighted by Gasteiger charge is -2.30. The largest absolute Gasteiger partial charge is 0.361 e. The molecule has 6 nitrogen and oxygen atoms in total. The van der Waals surface area contributed by atoms with E-state index in [4.69, 9.17) is 4.52 Å². The van der Waals surface area contributed by atoms with E-state index in [0.717, 1.165) is 42.7 Å². The average molecular weight is 364 g/mol. The molecule has 1 aliphatic rings. The summed E-state index contributed by atoms with van der Waals surface area (Å²) in [5.41, 5.74) is 2.22. The molecule has 1 fully saturated rings. The molecule has 0 aromatic carbocycles. The Bertz CT molecular complexity index is 525. The van der Waals surface area contributed by atoms with Crippen LogP contribution in [-0.4, -0.2) is 49.2 Å². The first kappa shape index (κ1) is 20.7. The fourth-order valence-electron chi connectivity index (χ4n) is 3.48. The quantitative estimate of drug-likeness (QED) is 0.401. The molecule has 2 heterocycles. The van der Waals surface area contributed by atoms with Crippen molar-refractivity contribution in [1.29, 1.82) is 0 Å². The van der Waals surface area contributed by atoms with Crippen LogP contribution in [0.4, 0.5) is 0 Å². The van der Waals surface area contributed by atoms with Gasteiger partial charge in [-0.3, -0.25) is 4.99 Å². The fraction of sp³-hybridized carbons (Fsp3) is 0.800. The van der Waals surface area contributed by atoms with Crippen LogP contribution in [0.2, 0.25) is 0 Å². The number of rotatable bonds is 9. The molecule has 1 saturated heterocycles. The number of hydrogen-bond acceptors (Lipinski definition) is 4. The molecule has 1 aromatic heterocycles. The second-order valence-corrected chi connectivity index (χ2v) is 7.32. The predicted molar refractivity (Wildman–Crippen MR) is 108 cm³/mol. The first-order valence-corrected chi connectivity index (χ1v) is 10.3. The number of nitrogens with zero attached hydrogens (tertiary/aromatic N) is 3. The monoisotopic (exact) mass is 363 g/mol. The van der Waals surface area contributed by atoms with Crippen LogP contribution >= 0.6 is 0 Å². The Hall–Kier alpha value is -1.56. The van der Waals surface area contributed by atoms with Gasteiger partial charge in [-0.25, -0.2) is 0 Å². The normalized spacial score (nSPS) is 16.8. The molecule has 148 valence electrons. The molecule has 2 rings (SSSR count). The Balaban J connectivity index is 1.64. The maximum atomic E-state index is 5.42. The van der Waals surface area contributed by atoms with Crippen LogP contribution in [0.5, 0.6) is 0 Å². The molecule has 1 aliphatic heterocycles. The molecule has 0 spiro atoms. The average Bonchev–Trinajstić information content (AvgIpc) is 3.07. The van der Waals surface area contributed by atoms with Gasteiger partial charge >= 0.3 is 0 Å². The summed E-state index contributed by atoms with van der Waals surface area (Å²) in [5, 5.41) is 11.0. The van der Waals surface area contributed by atoms with Crippen molar-refractivity contribution >= 4 is 5.96 Å². The number of guanidine groups is 1. The number of hydrogen-bond donors (Lipinski definition) is 2. The van der Waals surface area contributed by atoms with Gasteiger partial charge in [-0.15, -0.1) is 0 Å². The first-order valence-electron chi connectivity index (χ1n) is 10.3. The van der Waals surface area contributed by atoms with Gasteiger partial charge in [-0.05, 0) is 57.7 Å². The first-order chi connectivity index (χ1) is 12.7. The van der Waals surface area contributed by atoms with Gasteiger partial charge in [-0.1, -0.05) is 25.9 Å². The molecule has 6 heteroatoms. The highest BCUT2D eigenvalue weighted by Crippen LogP contribution is 2.16. The Kier molecular flexibility index (Phi) is 8.95. The van der Waals surface area contributed by atoms with Crippen molar-refractivity contribution in [2.75, 3.05) is 33.2 Å². The van der Waals surface area contributed by atoms with E-state index in [-0.39, 0.29) is 0 Å². The van der Waals surface area contributed by atoms with Gasteiger partial charge in [0.05, 0.1) is 5.69 Å². The van der Waals surface area contributed by atoms with Gasteiger partial charge in [0.15, 0.2) is 5.96 Å². The van der Waals surface area contributed by atoms with Gasteiger partial charge in [0.2, 0.25) is 0 Å². The van der Waals surface area contributed by atoms with E-state index in [2.05, 4.69) is 46.5 Å². The zero-order valence-electron chi connectivity index (χ0n) is 17.1. The highest BCUT2D eigenvalue weighted by molar-refractivity contribution is 5.79. The van der Waals surface area contributed by atoms with Gasteiger partial charge in [0, 0.05) is 32.1 Å². The van der Waals surface area contributed by atoms with E-state index in [1.165, 1.54) is 50.9 Å². The third-order valence-corrected chi connectivity index (χ3v) is 5.33.